The number of amides is 1. The smallest absolute Gasteiger partial charge is 0.258 e. The van der Waals surface area contributed by atoms with Crippen molar-refractivity contribution in [3.8, 4) is 17.2 Å². The molecule has 128 valence electrons. The Morgan fingerprint density at radius 3 is 2.46 bits per heavy atom. The number of methoxy groups -OCH3 is 2. The lowest BCUT2D eigenvalue weighted by molar-refractivity contribution is -0.123. The molecule has 7 heteroatoms. The van der Waals surface area contributed by atoms with Crippen LogP contribution in [0.4, 0.5) is 4.39 Å². The van der Waals surface area contributed by atoms with Crippen LogP contribution in [0.15, 0.2) is 40.9 Å². The van der Waals surface area contributed by atoms with Gasteiger partial charge in [0.15, 0.2) is 29.7 Å². The maximum atomic E-state index is 13.6. The fraction of sp³-hybridized carbons (Fsp3) is 0.235. The molecule has 0 saturated heterocycles. The van der Waals surface area contributed by atoms with Gasteiger partial charge in [0, 0.05) is 11.0 Å². The summed E-state index contributed by atoms with van der Waals surface area (Å²) >= 11 is 3.15. The molecule has 2 aromatic carbocycles. The summed E-state index contributed by atoms with van der Waals surface area (Å²) in [5.41, 5.74) is 0.843. The van der Waals surface area contributed by atoms with Crippen LogP contribution in [0.2, 0.25) is 0 Å². The third kappa shape index (κ3) is 4.86. The Kier molecular flexibility index (Phi) is 6.43. The van der Waals surface area contributed by atoms with Crippen LogP contribution < -0.4 is 19.5 Å². The second kappa shape index (κ2) is 8.54. The van der Waals surface area contributed by atoms with Gasteiger partial charge in [-0.1, -0.05) is 22.0 Å². The maximum Gasteiger partial charge on any atom is 0.258 e. The number of carbonyl (C=O) groups is 1. The number of rotatable bonds is 7. The van der Waals surface area contributed by atoms with E-state index in [2.05, 4.69) is 21.2 Å². The lowest BCUT2D eigenvalue weighted by atomic mass is 10.2. The van der Waals surface area contributed by atoms with E-state index in [0.29, 0.717) is 22.5 Å². The van der Waals surface area contributed by atoms with Crippen LogP contribution >= 0.6 is 15.9 Å². The highest BCUT2D eigenvalue weighted by Crippen LogP contribution is 2.27. The number of benzene rings is 2. The summed E-state index contributed by atoms with van der Waals surface area (Å²) in [5, 5.41) is 2.70. The fourth-order valence-corrected chi connectivity index (χ4v) is 2.31. The number of nitrogens with one attached hydrogen (secondary N) is 1. The standard InChI is InChI=1S/C17H17BrFNO4/c1-22-15-5-3-11(7-16(15)23-2)9-20-17(21)10-24-14-6-4-12(18)8-13(14)19/h3-8H,9-10H2,1-2H3,(H,20,21). The summed E-state index contributed by atoms with van der Waals surface area (Å²) in [6.07, 6.45) is 0. The van der Waals surface area contributed by atoms with E-state index in [1.807, 2.05) is 6.07 Å². The second-order valence-corrected chi connectivity index (χ2v) is 5.75. The number of carbonyl (C=O) groups excluding carboxylic acids is 1. The second-order valence-electron chi connectivity index (χ2n) is 4.83. The van der Waals surface area contributed by atoms with Gasteiger partial charge in [0.2, 0.25) is 0 Å². The molecule has 0 aromatic heterocycles. The molecule has 1 N–H and O–H groups in total. The first-order chi connectivity index (χ1) is 11.5. The molecule has 0 saturated carbocycles. The average Bonchev–Trinajstić information content (AvgIpc) is 2.58. The van der Waals surface area contributed by atoms with Gasteiger partial charge in [-0.2, -0.15) is 0 Å². The van der Waals surface area contributed by atoms with E-state index in [4.69, 9.17) is 14.2 Å². The maximum absolute atomic E-state index is 13.6. The van der Waals surface area contributed by atoms with Crippen LogP contribution in [0.3, 0.4) is 0 Å². The van der Waals surface area contributed by atoms with Crippen LogP contribution in [0.5, 0.6) is 17.2 Å². The summed E-state index contributed by atoms with van der Waals surface area (Å²) in [5.74, 6) is 0.336. The van der Waals surface area contributed by atoms with E-state index in [1.165, 1.54) is 12.1 Å². The van der Waals surface area contributed by atoms with Gasteiger partial charge in [0.25, 0.3) is 5.91 Å². The highest BCUT2D eigenvalue weighted by molar-refractivity contribution is 9.10. The molecule has 2 rings (SSSR count). The van der Waals surface area contributed by atoms with Crippen molar-refractivity contribution in [3.63, 3.8) is 0 Å². The molecule has 2 aromatic rings. The molecular weight excluding hydrogens is 381 g/mol. The van der Waals surface area contributed by atoms with Crippen molar-refractivity contribution in [2.45, 2.75) is 6.54 Å². The molecule has 0 aliphatic heterocycles. The summed E-state index contributed by atoms with van der Waals surface area (Å²) in [7, 11) is 3.10. The SMILES string of the molecule is COc1ccc(CNC(=O)COc2ccc(Br)cc2F)cc1OC. The first-order valence-electron chi connectivity index (χ1n) is 7.09. The molecular formula is C17H17BrFNO4. The molecule has 0 aliphatic rings. The summed E-state index contributed by atoms with van der Waals surface area (Å²) in [6, 6.07) is 9.72. The molecule has 1 amide bonds. The van der Waals surface area contributed by atoms with E-state index >= 15 is 0 Å². The van der Waals surface area contributed by atoms with Gasteiger partial charge in [0.1, 0.15) is 0 Å². The van der Waals surface area contributed by atoms with Crippen molar-refractivity contribution in [3.05, 3.63) is 52.3 Å². The summed E-state index contributed by atoms with van der Waals surface area (Å²) < 4.78 is 29.7. The number of ether oxygens (including phenoxy) is 3. The van der Waals surface area contributed by atoms with Gasteiger partial charge < -0.3 is 19.5 Å². The van der Waals surface area contributed by atoms with Gasteiger partial charge in [0.05, 0.1) is 14.2 Å². The fourth-order valence-electron chi connectivity index (χ4n) is 1.98. The Bertz CT molecular complexity index is 724. The Balaban J connectivity index is 1.87. The van der Waals surface area contributed by atoms with E-state index in [1.54, 1.807) is 32.4 Å². The zero-order valence-corrected chi connectivity index (χ0v) is 14.9. The Morgan fingerprint density at radius 2 is 1.79 bits per heavy atom. The average molecular weight is 398 g/mol. The zero-order chi connectivity index (χ0) is 17.5. The van der Waals surface area contributed by atoms with E-state index < -0.39 is 5.82 Å². The van der Waals surface area contributed by atoms with Crippen LogP contribution in [0.25, 0.3) is 0 Å². The van der Waals surface area contributed by atoms with Gasteiger partial charge in [-0.15, -0.1) is 0 Å². The summed E-state index contributed by atoms with van der Waals surface area (Å²) in [4.78, 5) is 11.8. The molecule has 0 atom stereocenters. The lowest BCUT2D eigenvalue weighted by Gasteiger charge is -2.11. The predicted molar refractivity (Wildman–Crippen MR) is 91.0 cm³/mol. The number of halogens is 2. The van der Waals surface area contributed by atoms with Crippen molar-refractivity contribution < 1.29 is 23.4 Å². The van der Waals surface area contributed by atoms with Crippen LogP contribution in [-0.4, -0.2) is 26.7 Å². The van der Waals surface area contributed by atoms with Gasteiger partial charge >= 0.3 is 0 Å². The normalized spacial score (nSPS) is 10.2. The highest BCUT2D eigenvalue weighted by atomic mass is 79.9. The number of hydrogen-bond donors (Lipinski definition) is 1. The lowest BCUT2D eigenvalue weighted by Crippen LogP contribution is -2.28. The molecule has 0 heterocycles. The minimum absolute atomic E-state index is 0.0273. The van der Waals surface area contributed by atoms with Gasteiger partial charge in [-0.05, 0) is 35.9 Å². The monoisotopic (exact) mass is 397 g/mol. The molecule has 0 unspecified atom stereocenters. The van der Waals surface area contributed by atoms with Crippen LogP contribution in [0, 0.1) is 5.82 Å². The van der Waals surface area contributed by atoms with Crippen molar-refractivity contribution in [1.82, 2.24) is 5.32 Å². The topological polar surface area (TPSA) is 56.8 Å². The van der Waals surface area contributed by atoms with E-state index in [-0.39, 0.29) is 18.3 Å². The Hall–Kier alpha value is -2.28. The largest absolute Gasteiger partial charge is 0.493 e. The van der Waals surface area contributed by atoms with Gasteiger partial charge in [-0.25, -0.2) is 4.39 Å². The minimum atomic E-state index is -0.530. The summed E-state index contributed by atoms with van der Waals surface area (Å²) in [6.45, 7) is 0.0250. The third-order valence-corrected chi connectivity index (χ3v) is 3.68. The Labute approximate surface area is 147 Å². The highest BCUT2D eigenvalue weighted by Gasteiger charge is 2.09. The molecule has 0 radical (unpaired) electrons. The van der Waals surface area contributed by atoms with Crippen molar-refractivity contribution >= 4 is 21.8 Å². The van der Waals surface area contributed by atoms with Crippen LogP contribution in [0.1, 0.15) is 5.56 Å². The molecule has 0 spiro atoms. The van der Waals surface area contributed by atoms with Crippen molar-refractivity contribution in [1.29, 1.82) is 0 Å². The third-order valence-electron chi connectivity index (χ3n) is 3.19. The molecule has 0 aliphatic carbocycles. The molecule has 0 fully saturated rings. The van der Waals surface area contributed by atoms with Gasteiger partial charge in [-0.3, -0.25) is 4.79 Å². The van der Waals surface area contributed by atoms with Crippen molar-refractivity contribution in [2.75, 3.05) is 20.8 Å². The molecule has 24 heavy (non-hydrogen) atoms. The molecule has 0 bridgehead atoms. The number of hydrogen-bond acceptors (Lipinski definition) is 4. The first-order valence-corrected chi connectivity index (χ1v) is 7.88. The Morgan fingerprint density at radius 1 is 1.08 bits per heavy atom. The zero-order valence-electron chi connectivity index (χ0n) is 13.3. The molecule has 5 nitrogen and oxygen atoms in total. The van der Waals surface area contributed by atoms with Crippen LogP contribution in [-0.2, 0) is 11.3 Å². The van der Waals surface area contributed by atoms with E-state index in [9.17, 15) is 9.18 Å². The minimum Gasteiger partial charge on any atom is -0.493 e. The first kappa shape index (κ1) is 18.1. The van der Waals surface area contributed by atoms with Crippen molar-refractivity contribution in [2.24, 2.45) is 0 Å². The quantitative estimate of drug-likeness (QED) is 0.778. The van der Waals surface area contributed by atoms with E-state index in [0.717, 1.165) is 5.56 Å². The predicted octanol–water partition coefficient (Wildman–Crippen LogP) is 3.30.